The van der Waals surface area contributed by atoms with Gasteiger partial charge in [-0.15, -0.1) is 0 Å². The molecular formula is C13H14ClP. The lowest BCUT2D eigenvalue weighted by atomic mass is 10.4. The van der Waals surface area contributed by atoms with E-state index in [1.165, 1.54) is 0 Å². The first-order chi connectivity index (χ1) is 7.29. The van der Waals surface area contributed by atoms with E-state index in [0.29, 0.717) is 0 Å². The van der Waals surface area contributed by atoms with Gasteiger partial charge in [0.1, 0.15) is 0 Å². The van der Waals surface area contributed by atoms with Crippen molar-refractivity contribution in [3.05, 3.63) is 66.5 Å². The molecule has 78 valence electrons. The van der Waals surface area contributed by atoms with Gasteiger partial charge in [0, 0.05) is 0 Å². The number of benzene rings is 1. The Bertz CT molecular complexity index is 365. The van der Waals surface area contributed by atoms with Gasteiger partial charge < -0.3 is 0 Å². The first-order valence-electron chi connectivity index (χ1n) is 4.76. The van der Waals surface area contributed by atoms with Crippen LogP contribution in [0.25, 0.3) is 0 Å². The summed E-state index contributed by atoms with van der Waals surface area (Å²) in [4.78, 5) is 0. The van der Waals surface area contributed by atoms with E-state index < -0.39 is 7.27 Å². The second-order valence-electron chi connectivity index (χ2n) is 2.94. The van der Waals surface area contributed by atoms with E-state index in [0.717, 1.165) is 10.6 Å². The molecule has 0 aliphatic heterocycles. The number of rotatable bonds is 4. The van der Waals surface area contributed by atoms with Crippen LogP contribution in [0.3, 0.4) is 0 Å². The molecule has 1 atom stereocenters. The van der Waals surface area contributed by atoms with Crippen LogP contribution in [0.2, 0.25) is 0 Å². The SMILES string of the molecule is C=C/C(=C\C=C/C)P(Cl)c1ccccc1. The molecule has 0 saturated carbocycles. The highest BCUT2D eigenvalue weighted by molar-refractivity contribution is 7.93. The molecule has 0 saturated heterocycles. The highest BCUT2D eigenvalue weighted by Gasteiger charge is 2.09. The molecule has 1 unspecified atom stereocenters. The predicted octanol–water partition coefficient (Wildman–Crippen LogP) is 4.59. The number of allylic oxidation sites excluding steroid dienone is 5. The molecule has 15 heavy (non-hydrogen) atoms. The largest absolute Gasteiger partial charge is 0.0984 e. The lowest BCUT2D eigenvalue weighted by Gasteiger charge is -2.09. The average Bonchev–Trinajstić information content (AvgIpc) is 2.31. The van der Waals surface area contributed by atoms with E-state index in [-0.39, 0.29) is 0 Å². The van der Waals surface area contributed by atoms with Crippen LogP contribution in [-0.4, -0.2) is 0 Å². The molecule has 0 radical (unpaired) electrons. The molecule has 2 heteroatoms. The van der Waals surface area contributed by atoms with Crippen LogP contribution in [0.1, 0.15) is 6.92 Å². The summed E-state index contributed by atoms with van der Waals surface area (Å²) in [7, 11) is -0.787. The molecule has 0 heterocycles. The summed E-state index contributed by atoms with van der Waals surface area (Å²) in [6.45, 7) is 5.77. The van der Waals surface area contributed by atoms with E-state index in [1.807, 2.05) is 61.6 Å². The quantitative estimate of drug-likeness (QED) is 0.530. The van der Waals surface area contributed by atoms with Gasteiger partial charge in [-0.25, -0.2) is 0 Å². The van der Waals surface area contributed by atoms with Crippen LogP contribution in [0, 0.1) is 0 Å². The summed E-state index contributed by atoms with van der Waals surface area (Å²) in [5.41, 5.74) is 0. The third kappa shape index (κ3) is 3.66. The summed E-state index contributed by atoms with van der Waals surface area (Å²) in [6.07, 6.45) is 7.80. The predicted molar refractivity (Wildman–Crippen MR) is 71.9 cm³/mol. The van der Waals surface area contributed by atoms with E-state index in [1.54, 1.807) is 0 Å². The lowest BCUT2D eigenvalue weighted by molar-refractivity contribution is 1.72. The van der Waals surface area contributed by atoms with Gasteiger partial charge in [0.25, 0.3) is 0 Å². The zero-order chi connectivity index (χ0) is 11.1. The minimum absolute atomic E-state index is 0.787. The highest BCUT2D eigenvalue weighted by atomic mass is 35.7. The van der Waals surface area contributed by atoms with Gasteiger partial charge in [-0.1, -0.05) is 72.5 Å². The minimum Gasteiger partial charge on any atom is -0.0984 e. The van der Waals surface area contributed by atoms with Crippen molar-refractivity contribution in [3.63, 3.8) is 0 Å². The molecule has 0 spiro atoms. The molecule has 0 aliphatic rings. The Morgan fingerprint density at radius 3 is 2.53 bits per heavy atom. The van der Waals surface area contributed by atoms with Crippen molar-refractivity contribution in [2.45, 2.75) is 6.92 Å². The Morgan fingerprint density at radius 1 is 1.33 bits per heavy atom. The maximum Gasteiger partial charge on any atom is 0.0523 e. The fourth-order valence-corrected chi connectivity index (χ4v) is 2.94. The van der Waals surface area contributed by atoms with Crippen molar-refractivity contribution in [2.24, 2.45) is 0 Å². The summed E-state index contributed by atoms with van der Waals surface area (Å²) in [5, 5.41) is 2.24. The highest BCUT2D eigenvalue weighted by Crippen LogP contribution is 2.48. The lowest BCUT2D eigenvalue weighted by Crippen LogP contribution is -1.95. The van der Waals surface area contributed by atoms with Crippen molar-refractivity contribution in [2.75, 3.05) is 0 Å². The van der Waals surface area contributed by atoms with Crippen molar-refractivity contribution in [1.82, 2.24) is 0 Å². The maximum absolute atomic E-state index is 6.40. The molecule has 0 nitrogen and oxygen atoms in total. The van der Waals surface area contributed by atoms with E-state index >= 15 is 0 Å². The molecule has 0 amide bonds. The topological polar surface area (TPSA) is 0 Å². The van der Waals surface area contributed by atoms with E-state index in [2.05, 4.69) is 6.58 Å². The van der Waals surface area contributed by atoms with Gasteiger partial charge in [0.15, 0.2) is 0 Å². The third-order valence-electron chi connectivity index (χ3n) is 1.88. The third-order valence-corrected chi connectivity index (χ3v) is 4.59. The molecule has 0 aromatic heterocycles. The van der Waals surface area contributed by atoms with Crippen molar-refractivity contribution < 1.29 is 0 Å². The van der Waals surface area contributed by atoms with Gasteiger partial charge in [-0.2, -0.15) is 0 Å². The Labute approximate surface area is 97.5 Å². The Balaban J connectivity index is 2.92. The minimum atomic E-state index is -0.787. The van der Waals surface area contributed by atoms with E-state index in [4.69, 9.17) is 11.2 Å². The van der Waals surface area contributed by atoms with Crippen LogP contribution < -0.4 is 5.30 Å². The number of hydrogen-bond donors (Lipinski definition) is 0. The fourth-order valence-electron chi connectivity index (χ4n) is 1.12. The second kappa shape index (κ2) is 6.61. The smallest absolute Gasteiger partial charge is 0.0523 e. The molecule has 0 fully saturated rings. The summed E-state index contributed by atoms with van der Waals surface area (Å²) in [6, 6.07) is 10.1. The monoisotopic (exact) mass is 236 g/mol. The molecule has 1 aromatic rings. The Morgan fingerprint density at radius 2 is 2.00 bits per heavy atom. The summed E-state index contributed by atoms with van der Waals surface area (Å²) < 4.78 is 0. The first-order valence-corrected chi connectivity index (χ1v) is 7.00. The van der Waals surface area contributed by atoms with Gasteiger partial charge in [0.2, 0.25) is 0 Å². The Hall–Kier alpha value is -0.840. The van der Waals surface area contributed by atoms with Gasteiger partial charge >= 0.3 is 0 Å². The van der Waals surface area contributed by atoms with Crippen LogP contribution in [0.4, 0.5) is 0 Å². The van der Waals surface area contributed by atoms with Crippen molar-refractivity contribution in [1.29, 1.82) is 0 Å². The van der Waals surface area contributed by atoms with Crippen molar-refractivity contribution >= 4 is 23.8 Å². The molecule has 1 aromatic carbocycles. The van der Waals surface area contributed by atoms with Crippen molar-refractivity contribution in [3.8, 4) is 0 Å². The average molecular weight is 237 g/mol. The van der Waals surface area contributed by atoms with Gasteiger partial charge in [0.05, 0.1) is 7.27 Å². The normalized spacial score (nSPS) is 14.1. The van der Waals surface area contributed by atoms with E-state index in [9.17, 15) is 0 Å². The summed E-state index contributed by atoms with van der Waals surface area (Å²) >= 11 is 6.40. The Kier molecular flexibility index (Phi) is 5.39. The number of hydrogen-bond acceptors (Lipinski definition) is 0. The first kappa shape index (κ1) is 12.2. The number of halogens is 1. The molecule has 1 rings (SSSR count). The molecular weight excluding hydrogens is 223 g/mol. The summed E-state index contributed by atoms with van der Waals surface area (Å²) in [5.74, 6) is 0. The zero-order valence-electron chi connectivity index (χ0n) is 8.73. The fraction of sp³-hybridized carbons (Fsp3) is 0.0769. The van der Waals surface area contributed by atoms with Crippen LogP contribution in [0.15, 0.2) is 66.5 Å². The van der Waals surface area contributed by atoms with Gasteiger partial charge in [-0.3, -0.25) is 0 Å². The maximum atomic E-state index is 6.40. The zero-order valence-corrected chi connectivity index (χ0v) is 10.4. The molecule has 0 N–H and O–H groups in total. The second-order valence-corrected chi connectivity index (χ2v) is 5.55. The van der Waals surface area contributed by atoms with Crippen LogP contribution in [0.5, 0.6) is 0 Å². The van der Waals surface area contributed by atoms with Crippen LogP contribution >= 0.6 is 18.5 Å². The standard InChI is InChI=1S/C13H14ClP/c1-3-5-9-12(4-2)15(14)13-10-7-6-8-11-13/h3-11H,2H2,1H3/b5-3-,12-9+. The molecule has 0 bridgehead atoms. The van der Waals surface area contributed by atoms with Gasteiger partial charge in [-0.05, 0) is 17.5 Å². The van der Waals surface area contributed by atoms with Crippen LogP contribution in [-0.2, 0) is 0 Å². The molecule has 0 aliphatic carbocycles.